The molecule has 0 saturated heterocycles. The maximum atomic E-state index is 14.6. The maximum absolute atomic E-state index is 14.6. The van der Waals surface area contributed by atoms with Gasteiger partial charge in [0, 0.05) is 40.1 Å². The van der Waals surface area contributed by atoms with Crippen molar-refractivity contribution in [3.63, 3.8) is 0 Å². The van der Waals surface area contributed by atoms with E-state index in [0.717, 1.165) is 15.4 Å². The van der Waals surface area contributed by atoms with Gasteiger partial charge in [-0.15, -0.1) is 0 Å². The largest absolute Gasteiger partial charge is 0.354 e. The molecule has 4 aromatic rings. The third-order valence-electron chi connectivity index (χ3n) is 7.35. The van der Waals surface area contributed by atoms with Gasteiger partial charge < -0.3 is 10.2 Å². The first-order valence-electron chi connectivity index (χ1n) is 14.8. The highest BCUT2D eigenvalue weighted by Gasteiger charge is 2.35. The Morgan fingerprint density at radius 1 is 0.804 bits per heavy atom. The fraction of sp³-hybridized carbons (Fsp3) is 0.257. The zero-order valence-corrected chi connectivity index (χ0v) is 28.9. The second-order valence-electron chi connectivity index (χ2n) is 11.4. The van der Waals surface area contributed by atoms with Crippen LogP contribution in [0.2, 0.25) is 15.1 Å². The zero-order chi connectivity index (χ0) is 33.4. The molecule has 0 radical (unpaired) electrons. The van der Waals surface area contributed by atoms with E-state index in [9.17, 15) is 18.0 Å². The van der Waals surface area contributed by atoms with Crippen LogP contribution in [0.3, 0.4) is 0 Å². The molecule has 0 bridgehead atoms. The Kier molecular flexibility index (Phi) is 12.1. The topological polar surface area (TPSA) is 86.8 Å². The van der Waals surface area contributed by atoms with Crippen molar-refractivity contribution in [2.75, 3.05) is 17.4 Å². The number of aryl methyl sites for hydroxylation is 1. The van der Waals surface area contributed by atoms with Crippen molar-refractivity contribution in [3.8, 4) is 0 Å². The van der Waals surface area contributed by atoms with Crippen LogP contribution in [0.25, 0.3) is 0 Å². The Hall–Kier alpha value is -3.56. The Bertz CT molecular complexity index is 1730. The number of benzene rings is 4. The number of sulfonamides is 1. The number of rotatable bonds is 13. The molecular formula is C35H36Cl3N3O4S. The first-order chi connectivity index (χ1) is 21.9. The van der Waals surface area contributed by atoms with Gasteiger partial charge in [0.05, 0.1) is 10.6 Å². The Morgan fingerprint density at radius 2 is 1.41 bits per heavy atom. The summed E-state index contributed by atoms with van der Waals surface area (Å²) in [5.74, 6) is -0.837. The molecule has 0 saturated carbocycles. The summed E-state index contributed by atoms with van der Waals surface area (Å²) in [6.45, 7) is 5.48. The molecule has 0 unspecified atom stereocenters. The Morgan fingerprint density at radius 3 is 2.00 bits per heavy atom. The summed E-state index contributed by atoms with van der Waals surface area (Å²) in [7, 11) is -4.25. The molecular weight excluding hydrogens is 665 g/mol. The standard InChI is InChI=1S/C35H36Cl3N3O4S/c1-24(2)21-39-35(43)33(20-26-8-5-4-6-9-26)40(22-30-31(37)10-7-11-32(30)38)34(42)23-41(28-16-12-25(3)13-17-28)46(44,45)29-18-14-27(36)15-19-29/h4-19,24,33H,20-23H2,1-3H3,(H,39,43)/t33-/m0/s1. The number of carbonyl (C=O) groups excluding carboxylic acids is 2. The smallest absolute Gasteiger partial charge is 0.264 e. The number of nitrogens with one attached hydrogen (secondary N) is 1. The second kappa shape index (κ2) is 15.8. The van der Waals surface area contributed by atoms with Crippen LogP contribution >= 0.6 is 34.8 Å². The van der Waals surface area contributed by atoms with Crippen LogP contribution in [-0.2, 0) is 32.6 Å². The van der Waals surface area contributed by atoms with Crippen LogP contribution in [0, 0.1) is 12.8 Å². The average Bonchev–Trinajstić information content (AvgIpc) is 3.02. The Labute approximate surface area is 286 Å². The molecule has 0 aliphatic carbocycles. The van der Waals surface area contributed by atoms with Crippen molar-refractivity contribution in [1.82, 2.24) is 10.2 Å². The number of anilines is 1. The van der Waals surface area contributed by atoms with E-state index in [1.165, 1.54) is 29.2 Å². The van der Waals surface area contributed by atoms with E-state index in [4.69, 9.17) is 34.8 Å². The Balaban J connectivity index is 1.83. The minimum Gasteiger partial charge on any atom is -0.354 e. The van der Waals surface area contributed by atoms with Crippen molar-refractivity contribution in [2.24, 2.45) is 5.92 Å². The number of hydrogen-bond acceptors (Lipinski definition) is 4. The molecule has 0 fully saturated rings. The van der Waals surface area contributed by atoms with E-state index in [1.54, 1.807) is 42.5 Å². The normalized spacial score (nSPS) is 12.1. The minimum absolute atomic E-state index is 0.0403. The molecule has 1 atom stereocenters. The summed E-state index contributed by atoms with van der Waals surface area (Å²) in [4.78, 5) is 29.8. The predicted molar refractivity (Wildman–Crippen MR) is 186 cm³/mol. The lowest BCUT2D eigenvalue weighted by Gasteiger charge is -2.34. The van der Waals surface area contributed by atoms with Gasteiger partial charge in [-0.25, -0.2) is 8.42 Å². The highest BCUT2D eigenvalue weighted by molar-refractivity contribution is 7.92. The molecule has 2 amide bonds. The van der Waals surface area contributed by atoms with Crippen LogP contribution in [0.15, 0.2) is 102 Å². The first kappa shape index (κ1) is 35.3. The summed E-state index contributed by atoms with van der Waals surface area (Å²) in [6.07, 6.45) is 0.174. The third-order valence-corrected chi connectivity index (χ3v) is 10.1. The lowest BCUT2D eigenvalue weighted by Crippen LogP contribution is -2.53. The van der Waals surface area contributed by atoms with Crippen molar-refractivity contribution < 1.29 is 18.0 Å². The molecule has 46 heavy (non-hydrogen) atoms. The van der Waals surface area contributed by atoms with Crippen molar-refractivity contribution in [3.05, 3.63) is 129 Å². The van der Waals surface area contributed by atoms with Gasteiger partial charge in [0.15, 0.2) is 0 Å². The fourth-order valence-corrected chi connectivity index (χ4v) is 6.86. The van der Waals surface area contributed by atoms with Crippen LogP contribution < -0.4 is 9.62 Å². The molecule has 242 valence electrons. The van der Waals surface area contributed by atoms with Crippen LogP contribution in [0.5, 0.6) is 0 Å². The van der Waals surface area contributed by atoms with Crippen LogP contribution in [0.4, 0.5) is 5.69 Å². The SMILES string of the molecule is Cc1ccc(N(CC(=O)N(Cc2c(Cl)cccc2Cl)[C@@H](Cc2ccccc2)C(=O)NCC(C)C)S(=O)(=O)c2ccc(Cl)cc2)cc1. The zero-order valence-electron chi connectivity index (χ0n) is 25.8. The van der Waals surface area contributed by atoms with Crippen molar-refractivity contribution in [1.29, 1.82) is 0 Å². The molecule has 1 N–H and O–H groups in total. The molecule has 0 heterocycles. The number of carbonyl (C=O) groups is 2. The lowest BCUT2D eigenvalue weighted by atomic mass is 10.0. The van der Waals surface area contributed by atoms with E-state index < -0.39 is 28.5 Å². The van der Waals surface area contributed by atoms with Gasteiger partial charge in [0.25, 0.3) is 10.0 Å². The monoisotopic (exact) mass is 699 g/mol. The van der Waals surface area contributed by atoms with E-state index >= 15 is 0 Å². The van der Waals surface area contributed by atoms with Crippen molar-refractivity contribution >= 4 is 62.3 Å². The highest BCUT2D eigenvalue weighted by Crippen LogP contribution is 2.29. The summed E-state index contributed by atoms with van der Waals surface area (Å²) in [5, 5.41) is 3.96. The van der Waals surface area contributed by atoms with Gasteiger partial charge in [0.2, 0.25) is 11.8 Å². The molecule has 4 rings (SSSR count). The van der Waals surface area contributed by atoms with Crippen molar-refractivity contribution in [2.45, 2.75) is 44.7 Å². The fourth-order valence-electron chi connectivity index (χ4n) is 4.80. The first-order valence-corrected chi connectivity index (χ1v) is 17.3. The molecule has 7 nitrogen and oxygen atoms in total. The van der Waals surface area contributed by atoms with E-state index in [2.05, 4.69) is 5.32 Å². The molecule has 0 spiro atoms. The van der Waals surface area contributed by atoms with Crippen LogP contribution in [0.1, 0.15) is 30.5 Å². The minimum atomic E-state index is -4.25. The van der Waals surface area contributed by atoms with Gasteiger partial charge in [-0.05, 0) is 66.9 Å². The van der Waals surface area contributed by atoms with Gasteiger partial charge in [-0.2, -0.15) is 0 Å². The maximum Gasteiger partial charge on any atom is 0.264 e. The lowest BCUT2D eigenvalue weighted by molar-refractivity contribution is -0.140. The summed E-state index contributed by atoms with van der Waals surface area (Å²) in [5.41, 5.74) is 2.46. The average molecular weight is 701 g/mol. The summed E-state index contributed by atoms with van der Waals surface area (Å²) < 4.78 is 29.3. The number of nitrogens with zero attached hydrogens (tertiary/aromatic N) is 2. The van der Waals surface area contributed by atoms with E-state index in [1.807, 2.05) is 51.1 Å². The van der Waals surface area contributed by atoms with Gasteiger partial charge >= 0.3 is 0 Å². The van der Waals surface area contributed by atoms with Gasteiger partial charge in [0.1, 0.15) is 12.6 Å². The summed E-state index contributed by atoms with van der Waals surface area (Å²) >= 11 is 19.2. The molecule has 0 aliphatic rings. The highest BCUT2D eigenvalue weighted by atomic mass is 35.5. The van der Waals surface area contributed by atoms with Crippen LogP contribution in [-0.4, -0.2) is 44.3 Å². The number of amides is 2. The molecule has 11 heteroatoms. The van der Waals surface area contributed by atoms with E-state index in [-0.39, 0.29) is 35.4 Å². The number of hydrogen-bond donors (Lipinski definition) is 1. The molecule has 0 aliphatic heterocycles. The quantitative estimate of drug-likeness (QED) is 0.156. The summed E-state index contributed by atoms with van der Waals surface area (Å²) in [6, 6.07) is 25.9. The van der Waals surface area contributed by atoms with Gasteiger partial charge in [-0.1, -0.05) is 103 Å². The van der Waals surface area contributed by atoms with Gasteiger partial charge in [-0.3, -0.25) is 13.9 Å². The predicted octanol–water partition coefficient (Wildman–Crippen LogP) is 7.56. The van der Waals surface area contributed by atoms with E-state index in [0.29, 0.717) is 27.2 Å². The molecule has 0 aromatic heterocycles. The molecule has 4 aromatic carbocycles. The second-order valence-corrected chi connectivity index (χ2v) is 14.5. The number of halogens is 3. The third kappa shape index (κ3) is 9.04.